The molecule has 0 amide bonds. The Balaban J connectivity index is 1.95. The minimum absolute atomic E-state index is 0.400. The van der Waals surface area contributed by atoms with Crippen molar-refractivity contribution < 1.29 is 4.74 Å². The number of halogens is 1. The maximum Gasteiger partial charge on any atom is 0.149 e. The molecule has 0 aliphatic heterocycles. The van der Waals surface area contributed by atoms with Gasteiger partial charge in [0.1, 0.15) is 12.4 Å². The third kappa shape index (κ3) is 3.65. The number of aryl methyl sites for hydroxylation is 1. The molecule has 2 aromatic carbocycles. The predicted molar refractivity (Wildman–Crippen MR) is 77.7 cm³/mol. The zero-order chi connectivity index (χ0) is 12.8. The van der Waals surface area contributed by atoms with Crippen LogP contribution >= 0.6 is 15.9 Å². The fourth-order valence-electron chi connectivity index (χ4n) is 1.55. The molecular weight excluding hydrogens is 288 g/mol. The van der Waals surface area contributed by atoms with Gasteiger partial charge in [0.05, 0.1) is 0 Å². The normalized spacial score (nSPS) is 9.44. The molecule has 0 radical (unpaired) electrons. The topological polar surface area (TPSA) is 9.23 Å². The Morgan fingerprint density at radius 2 is 1.89 bits per heavy atom. The lowest BCUT2D eigenvalue weighted by Crippen LogP contribution is -1.95. The average Bonchev–Trinajstić information content (AvgIpc) is 2.38. The van der Waals surface area contributed by atoms with Crippen molar-refractivity contribution in [2.24, 2.45) is 0 Å². The van der Waals surface area contributed by atoms with Gasteiger partial charge in [0.25, 0.3) is 0 Å². The molecule has 0 spiro atoms. The van der Waals surface area contributed by atoms with Crippen molar-refractivity contribution in [1.82, 2.24) is 0 Å². The predicted octanol–water partition coefficient (Wildman–Crippen LogP) is 4.19. The van der Waals surface area contributed by atoms with Crippen LogP contribution in [0.15, 0.2) is 53.0 Å². The molecule has 90 valence electrons. The molecule has 0 saturated heterocycles. The summed E-state index contributed by atoms with van der Waals surface area (Å²) in [7, 11) is 0. The summed E-state index contributed by atoms with van der Waals surface area (Å²) in [4.78, 5) is 0. The van der Waals surface area contributed by atoms with Gasteiger partial charge in [0.2, 0.25) is 0 Å². The van der Waals surface area contributed by atoms with Crippen LogP contribution in [-0.2, 0) is 0 Å². The Bertz CT molecular complexity index is 579. The molecule has 2 heteroatoms. The van der Waals surface area contributed by atoms with Crippen molar-refractivity contribution in [3.8, 4) is 17.6 Å². The number of benzene rings is 2. The van der Waals surface area contributed by atoms with E-state index < -0.39 is 0 Å². The first-order valence-electron chi connectivity index (χ1n) is 5.68. The quantitative estimate of drug-likeness (QED) is 0.756. The van der Waals surface area contributed by atoms with Crippen LogP contribution in [0.2, 0.25) is 0 Å². The van der Waals surface area contributed by atoms with Crippen LogP contribution in [0.3, 0.4) is 0 Å². The largest absolute Gasteiger partial charge is 0.481 e. The van der Waals surface area contributed by atoms with Gasteiger partial charge >= 0.3 is 0 Å². The molecule has 0 N–H and O–H groups in total. The molecule has 18 heavy (non-hydrogen) atoms. The van der Waals surface area contributed by atoms with E-state index in [0.717, 1.165) is 21.3 Å². The first-order chi connectivity index (χ1) is 8.75. The minimum atomic E-state index is 0.400. The monoisotopic (exact) mass is 300 g/mol. The van der Waals surface area contributed by atoms with Crippen LogP contribution < -0.4 is 4.74 Å². The fourth-order valence-corrected chi connectivity index (χ4v) is 2.02. The van der Waals surface area contributed by atoms with Gasteiger partial charge in [-0.15, -0.1) is 0 Å². The van der Waals surface area contributed by atoms with Crippen molar-refractivity contribution in [2.75, 3.05) is 6.61 Å². The van der Waals surface area contributed by atoms with E-state index in [4.69, 9.17) is 4.74 Å². The van der Waals surface area contributed by atoms with E-state index in [1.54, 1.807) is 0 Å². The van der Waals surface area contributed by atoms with E-state index in [0.29, 0.717) is 6.61 Å². The highest BCUT2D eigenvalue weighted by Gasteiger charge is 1.98. The number of hydrogen-bond donors (Lipinski definition) is 0. The molecule has 0 aromatic heterocycles. The van der Waals surface area contributed by atoms with E-state index in [2.05, 4.69) is 27.8 Å². The summed E-state index contributed by atoms with van der Waals surface area (Å²) in [5.41, 5.74) is 2.11. The van der Waals surface area contributed by atoms with Crippen LogP contribution in [-0.4, -0.2) is 6.61 Å². The summed E-state index contributed by atoms with van der Waals surface area (Å²) < 4.78 is 6.68. The summed E-state index contributed by atoms with van der Waals surface area (Å²) in [6.07, 6.45) is 0. The van der Waals surface area contributed by atoms with Crippen molar-refractivity contribution in [3.05, 3.63) is 64.1 Å². The number of ether oxygens (including phenoxy) is 1. The zero-order valence-corrected chi connectivity index (χ0v) is 11.7. The van der Waals surface area contributed by atoms with Crippen molar-refractivity contribution in [2.45, 2.75) is 6.92 Å². The standard InChI is InChI=1S/C16H13BrO/c1-13-12-15(17)9-10-16(13)18-11-5-8-14-6-3-2-4-7-14/h2-4,6-7,9-10,12H,11H2,1H3. The van der Waals surface area contributed by atoms with Crippen LogP contribution in [0.4, 0.5) is 0 Å². The summed E-state index contributed by atoms with van der Waals surface area (Å²) in [6.45, 7) is 2.42. The van der Waals surface area contributed by atoms with Gasteiger partial charge < -0.3 is 4.74 Å². The summed E-state index contributed by atoms with van der Waals surface area (Å²) in [5.74, 6) is 6.95. The lowest BCUT2D eigenvalue weighted by Gasteiger charge is -2.05. The molecule has 0 bridgehead atoms. The van der Waals surface area contributed by atoms with E-state index in [1.807, 2.05) is 55.5 Å². The molecule has 0 unspecified atom stereocenters. The van der Waals surface area contributed by atoms with Gasteiger partial charge in [-0.25, -0.2) is 0 Å². The molecule has 0 aliphatic carbocycles. The first-order valence-corrected chi connectivity index (χ1v) is 6.48. The number of rotatable bonds is 2. The van der Waals surface area contributed by atoms with Gasteiger partial charge in [-0.3, -0.25) is 0 Å². The molecule has 2 aromatic rings. The van der Waals surface area contributed by atoms with Crippen LogP contribution in [0.1, 0.15) is 11.1 Å². The fraction of sp³-hybridized carbons (Fsp3) is 0.125. The Morgan fingerprint density at radius 3 is 2.61 bits per heavy atom. The van der Waals surface area contributed by atoms with Gasteiger partial charge in [0.15, 0.2) is 0 Å². The molecule has 1 nitrogen and oxygen atoms in total. The first kappa shape index (κ1) is 12.7. The molecule has 0 atom stereocenters. The van der Waals surface area contributed by atoms with Crippen molar-refractivity contribution in [3.63, 3.8) is 0 Å². The maximum atomic E-state index is 5.62. The van der Waals surface area contributed by atoms with Crippen LogP contribution in [0.25, 0.3) is 0 Å². The molecule has 0 saturated carbocycles. The summed E-state index contributed by atoms with van der Waals surface area (Å²) >= 11 is 3.43. The Hall–Kier alpha value is -1.72. The third-order valence-electron chi connectivity index (χ3n) is 2.44. The van der Waals surface area contributed by atoms with Crippen molar-refractivity contribution in [1.29, 1.82) is 0 Å². The Kier molecular flexibility index (Phi) is 4.44. The van der Waals surface area contributed by atoms with Gasteiger partial charge in [0, 0.05) is 10.0 Å². The van der Waals surface area contributed by atoms with Crippen LogP contribution in [0, 0.1) is 18.8 Å². The Morgan fingerprint density at radius 1 is 1.11 bits per heavy atom. The molecule has 0 heterocycles. The van der Waals surface area contributed by atoms with E-state index in [1.165, 1.54) is 0 Å². The maximum absolute atomic E-state index is 5.62. The van der Waals surface area contributed by atoms with Crippen molar-refractivity contribution >= 4 is 15.9 Å². The van der Waals surface area contributed by atoms with Crippen LogP contribution in [0.5, 0.6) is 5.75 Å². The van der Waals surface area contributed by atoms with Gasteiger partial charge in [-0.2, -0.15) is 0 Å². The molecule has 0 aliphatic rings. The lowest BCUT2D eigenvalue weighted by atomic mass is 10.2. The van der Waals surface area contributed by atoms with Gasteiger partial charge in [-0.05, 0) is 42.8 Å². The second kappa shape index (κ2) is 6.28. The molecule has 0 fully saturated rings. The summed E-state index contributed by atoms with van der Waals surface area (Å²) in [5, 5.41) is 0. The third-order valence-corrected chi connectivity index (χ3v) is 2.94. The number of hydrogen-bond acceptors (Lipinski definition) is 1. The Labute approximate surface area is 116 Å². The second-order valence-corrected chi connectivity index (χ2v) is 4.78. The minimum Gasteiger partial charge on any atom is -0.481 e. The summed E-state index contributed by atoms with van der Waals surface area (Å²) in [6, 6.07) is 15.8. The molecule has 2 rings (SSSR count). The highest BCUT2D eigenvalue weighted by Crippen LogP contribution is 2.21. The molecular formula is C16H13BrO. The smallest absolute Gasteiger partial charge is 0.149 e. The highest BCUT2D eigenvalue weighted by molar-refractivity contribution is 9.10. The highest BCUT2D eigenvalue weighted by atomic mass is 79.9. The van der Waals surface area contributed by atoms with Gasteiger partial charge in [-0.1, -0.05) is 46.0 Å². The van der Waals surface area contributed by atoms with E-state index in [-0.39, 0.29) is 0 Å². The van der Waals surface area contributed by atoms with E-state index in [9.17, 15) is 0 Å². The average molecular weight is 301 g/mol. The SMILES string of the molecule is Cc1cc(Br)ccc1OCC#Cc1ccccc1. The second-order valence-electron chi connectivity index (χ2n) is 3.87. The van der Waals surface area contributed by atoms with E-state index >= 15 is 0 Å². The lowest BCUT2D eigenvalue weighted by molar-refractivity contribution is 0.367. The zero-order valence-electron chi connectivity index (χ0n) is 10.1.